The van der Waals surface area contributed by atoms with Crippen LogP contribution in [-0.2, 0) is 5.54 Å². The Balaban J connectivity index is 1.51. The van der Waals surface area contributed by atoms with Gasteiger partial charge in [0.15, 0.2) is 0 Å². The number of amides is 2. The third-order valence-corrected chi connectivity index (χ3v) is 6.59. The third kappa shape index (κ3) is 4.68. The molecule has 1 aliphatic heterocycles. The van der Waals surface area contributed by atoms with Gasteiger partial charge in [-0.2, -0.15) is 0 Å². The average Bonchev–Trinajstić information content (AvgIpc) is 2.93. The molecule has 4 aromatic rings. The number of carbonyl (C=O) groups is 2. The van der Waals surface area contributed by atoms with Crippen molar-refractivity contribution >= 4 is 11.8 Å². The van der Waals surface area contributed by atoms with Gasteiger partial charge in [-0.15, -0.1) is 0 Å². The van der Waals surface area contributed by atoms with Crippen LogP contribution < -0.4 is 10.1 Å². The van der Waals surface area contributed by atoms with Gasteiger partial charge >= 0.3 is 0 Å². The van der Waals surface area contributed by atoms with Crippen molar-refractivity contribution < 1.29 is 18.7 Å². The van der Waals surface area contributed by atoms with Crippen LogP contribution in [0, 0.1) is 5.82 Å². The molecule has 0 aliphatic carbocycles. The molecule has 186 valence electrons. The van der Waals surface area contributed by atoms with Gasteiger partial charge in [-0.1, -0.05) is 36.4 Å². The van der Waals surface area contributed by atoms with Crippen molar-refractivity contribution in [3.8, 4) is 16.9 Å². The number of carbonyl (C=O) groups excluding carboxylic acids is 2. The highest BCUT2D eigenvalue weighted by Crippen LogP contribution is 2.41. The number of fused-ring (bicyclic) bond motifs is 1. The molecule has 1 atom stereocenters. The van der Waals surface area contributed by atoms with E-state index in [9.17, 15) is 14.0 Å². The normalized spacial score (nSPS) is 16.3. The third-order valence-electron chi connectivity index (χ3n) is 6.59. The minimum atomic E-state index is -0.930. The lowest BCUT2D eigenvalue weighted by Crippen LogP contribution is -2.50. The zero-order valence-corrected chi connectivity index (χ0v) is 20.6. The lowest BCUT2D eigenvalue weighted by molar-refractivity contribution is 0.0826. The SMILES string of the molecule is CN(C)C(=O)c1ccc(-c2ccc(C3(NC(=O)c4ccc(F)cc4)CCOc4cccnc43)cc2)cc1. The van der Waals surface area contributed by atoms with Crippen LogP contribution in [0.25, 0.3) is 11.1 Å². The number of nitrogens with one attached hydrogen (secondary N) is 1. The number of halogens is 1. The minimum absolute atomic E-state index is 0.0496. The first-order valence-electron chi connectivity index (χ1n) is 12.0. The summed E-state index contributed by atoms with van der Waals surface area (Å²) < 4.78 is 19.3. The van der Waals surface area contributed by atoms with Crippen molar-refractivity contribution in [1.29, 1.82) is 0 Å². The van der Waals surface area contributed by atoms with E-state index in [0.29, 0.717) is 35.6 Å². The summed E-state index contributed by atoms with van der Waals surface area (Å²) >= 11 is 0. The predicted octanol–water partition coefficient (Wildman–Crippen LogP) is 5.05. The molecule has 0 fully saturated rings. The molecular formula is C30H26FN3O3. The van der Waals surface area contributed by atoms with Crippen LogP contribution in [0.3, 0.4) is 0 Å². The van der Waals surface area contributed by atoms with Crippen molar-refractivity contribution in [3.63, 3.8) is 0 Å². The molecule has 0 saturated carbocycles. The Morgan fingerprint density at radius 3 is 2.16 bits per heavy atom. The molecule has 1 aromatic heterocycles. The Labute approximate surface area is 214 Å². The van der Waals surface area contributed by atoms with E-state index in [4.69, 9.17) is 4.74 Å². The topological polar surface area (TPSA) is 71.5 Å². The first-order chi connectivity index (χ1) is 17.9. The Hall–Kier alpha value is -4.52. The van der Waals surface area contributed by atoms with Crippen molar-refractivity contribution in [1.82, 2.24) is 15.2 Å². The summed E-state index contributed by atoms with van der Waals surface area (Å²) in [6.45, 7) is 0.394. The Morgan fingerprint density at radius 2 is 1.51 bits per heavy atom. The quantitative estimate of drug-likeness (QED) is 0.421. The zero-order valence-electron chi connectivity index (χ0n) is 20.6. The zero-order chi connectivity index (χ0) is 26.0. The number of nitrogens with zero attached hydrogens (tertiary/aromatic N) is 2. The fourth-order valence-corrected chi connectivity index (χ4v) is 4.61. The second kappa shape index (κ2) is 9.85. The predicted molar refractivity (Wildman–Crippen MR) is 139 cm³/mol. The van der Waals surface area contributed by atoms with Crippen LogP contribution in [0.2, 0.25) is 0 Å². The first-order valence-corrected chi connectivity index (χ1v) is 12.0. The van der Waals surface area contributed by atoms with Crippen LogP contribution in [0.1, 0.15) is 38.4 Å². The molecule has 1 N–H and O–H groups in total. The largest absolute Gasteiger partial charge is 0.491 e. The minimum Gasteiger partial charge on any atom is -0.491 e. The molecule has 2 amide bonds. The molecule has 0 radical (unpaired) electrons. The molecule has 3 aromatic carbocycles. The molecule has 5 rings (SSSR count). The van der Waals surface area contributed by atoms with E-state index < -0.39 is 11.4 Å². The van der Waals surface area contributed by atoms with Crippen LogP contribution in [0.5, 0.6) is 5.75 Å². The van der Waals surface area contributed by atoms with Gasteiger partial charge in [0.25, 0.3) is 11.8 Å². The highest BCUT2D eigenvalue weighted by Gasteiger charge is 2.42. The van der Waals surface area contributed by atoms with E-state index >= 15 is 0 Å². The van der Waals surface area contributed by atoms with E-state index in [-0.39, 0.29) is 11.8 Å². The number of hydrogen-bond donors (Lipinski definition) is 1. The standard InChI is InChI=1S/C30H26FN3O3/c1-34(2)29(36)23-7-5-20(6-8-23)21-9-13-24(14-10-21)30(17-19-37-26-4-3-18-32-27(26)30)33-28(35)22-11-15-25(31)16-12-22/h3-16,18H,17,19H2,1-2H3,(H,33,35). The smallest absolute Gasteiger partial charge is 0.253 e. The summed E-state index contributed by atoms with van der Waals surface area (Å²) in [5.41, 5.74) is 3.47. The first kappa shape index (κ1) is 24.2. The van der Waals surface area contributed by atoms with E-state index in [1.807, 2.05) is 54.6 Å². The number of hydrogen-bond acceptors (Lipinski definition) is 4. The molecule has 1 aliphatic rings. The molecule has 0 saturated heterocycles. The van der Waals surface area contributed by atoms with Crippen molar-refractivity contribution in [2.45, 2.75) is 12.0 Å². The van der Waals surface area contributed by atoms with Crippen molar-refractivity contribution in [3.05, 3.63) is 119 Å². The maximum atomic E-state index is 13.4. The van der Waals surface area contributed by atoms with Gasteiger partial charge < -0.3 is 15.0 Å². The summed E-state index contributed by atoms with van der Waals surface area (Å²) in [6.07, 6.45) is 2.15. The molecule has 7 heteroatoms. The van der Waals surface area contributed by atoms with Crippen LogP contribution in [0.15, 0.2) is 91.1 Å². The van der Waals surface area contributed by atoms with Gasteiger partial charge in [0.05, 0.1) is 6.61 Å². The van der Waals surface area contributed by atoms with Gasteiger partial charge in [-0.25, -0.2) is 4.39 Å². The van der Waals surface area contributed by atoms with Gasteiger partial charge in [0.2, 0.25) is 0 Å². The molecule has 2 heterocycles. The van der Waals surface area contributed by atoms with Crippen molar-refractivity contribution in [2.24, 2.45) is 0 Å². The molecule has 0 bridgehead atoms. The Kier molecular flexibility index (Phi) is 6.44. The summed E-state index contributed by atoms with van der Waals surface area (Å²) in [4.78, 5) is 31.7. The maximum Gasteiger partial charge on any atom is 0.253 e. The lowest BCUT2D eigenvalue weighted by Gasteiger charge is -2.39. The number of rotatable bonds is 5. The second-order valence-electron chi connectivity index (χ2n) is 9.17. The molecule has 0 spiro atoms. The second-order valence-corrected chi connectivity index (χ2v) is 9.17. The van der Waals surface area contributed by atoms with Gasteiger partial charge in [-0.3, -0.25) is 14.6 Å². The van der Waals surface area contributed by atoms with E-state index in [1.54, 1.807) is 31.3 Å². The van der Waals surface area contributed by atoms with Crippen LogP contribution >= 0.6 is 0 Å². The van der Waals surface area contributed by atoms with Gasteiger partial charge in [0.1, 0.15) is 22.8 Å². The van der Waals surface area contributed by atoms with E-state index in [1.165, 1.54) is 24.3 Å². The van der Waals surface area contributed by atoms with Crippen LogP contribution in [0.4, 0.5) is 4.39 Å². The average molecular weight is 496 g/mol. The van der Waals surface area contributed by atoms with Gasteiger partial charge in [0, 0.05) is 37.8 Å². The molecule has 6 nitrogen and oxygen atoms in total. The van der Waals surface area contributed by atoms with Crippen LogP contribution in [-0.4, -0.2) is 42.4 Å². The summed E-state index contributed by atoms with van der Waals surface area (Å²) in [5.74, 6) is -0.174. The fourth-order valence-electron chi connectivity index (χ4n) is 4.61. The summed E-state index contributed by atoms with van der Waals surface area (Å²) in [6, 6.07) is 24.5. The summed E-state index contributed by atoms with van der Waals surface area (Å²) in [5, 5.41) is 3.18. The highest BCUT2D eigenvalue weighted by atomic mass is 19.1. The Bertz CT molecular complexity index is 1430. The molecule has 1 unspecified atom stereocenters. The number of ether oxygens (including phenoxy) is 1. The Morgan fingerprint density at radius 1 is 0.892 bits per heavy atom. The number of aromatic nitrogens is 1. The van der Waals surface area contributed by atoms with E-state index in [0.717, 1.165) is 16.7 Å². The van der Waals surface area contributed by atoms with E-state index in [2.05, 4.69) is 10.3 Å². The fraction of sp³-hybridized carbons (Fsp3) is 0.167. The molecule has 37 heavy (non-hydrogen) atoms. The van der Waals surface area contributed by atoms with Gasteiger partial charge in [-0.05, 0) is 65.2 Å². The lowest BCUT2D eigenvalue weighted by atomic mass is 9.80. The number of benzene rings is 3. The number of pyridine rings is 1. The molecular weight excluding hydrogens is 469 g/mol. The van der Waals surface area contributed by atoms with Crippen molar-refractivity contribution in [2.75, 3.05) is 20.7 Å². The highest BCUT2D eigenvalue weighted by molar-refractivity contribution is 5.95. The summed E-state index contributed by atoms with van der Waals surface area (Å²) in [7, 11) is 3.45. The maximum absolute atomic E-state index is 13.4. The monoisotopic (exact) mass is 495 g/mol.